The van der Waals surface area contributed by atoms with Gasteiger partial charge < -0.3 is 10.2 Å². The lowest BCUT2D eigenvalue weighted by Gasteiger charge is -2.18. The normalized spacial score (nSPS) is 19.3. The molecule has 1 aromatic heterocycles. The Morgan fingerprint density at radius 2 is 2.04 bits per heavy atom. The average Bonchev–Trinajstić information content (AvgIpc) is 3.32. The summed E-state index contributed by atoms with van der Waals surface area (Å²) >= 11 is 0. The summed E-state index contributed by atoms with van der Waals surface area (Å²) in [6.45, 7) is 4.45. The number of nitrogens with one attached hydrogen (secondary N) is 1. The number of amides is 2. The number of aryl methyl sites for hydroxylation is 2. The molecule has 2 amide bonds. The first kappa shape index (κ1) is 16.8. The molecule has 2 heterocycles. The van der Waals surface area contributed by atoms with Gasteiger partial charge in [-0.1, -0.05) is 6.07 Å². The van der Waals surface area contributed by atoms with Crippen LogP contribution in [0.5, 0.6) is 0 Å². The molecule has 4 rings (SSSR count). The standard InChI is InChI=1S/C20H24N4O2/c1-13(2)24-18(8-9-21-24)22-20(26)16-11-19(25)23(12-16)17-7-6-14-4-3-5-15(14)10-17/h6-10,13,16H,3-5,11-12H2,1-2H3,(H,22,26)/t16-/m1/s1. The minimum absolute atomic E-state index is 0.0143. The zero-order chi connectivity index (χ0) is 18.3. The third-order valence-electron chi connectivity index (χ3n) is 5.30. The molecule has 0 radical (unpaired) electrons. The highest BCUT2D eigenvalue weighted by Gasteiger charge is 2.35. The number of aromatic nitrogens is 2. The Balaban J connectivity index is 1.47. The molecule has 136 valence electrons. The van der Waals surface area contributed by atoms with Gasteiger partial charge in [-0.3, -0.25) is 9.59 Å². The highest BCUT2D eigenvalue weighted by molar-refractivity contribution is 6.03. The van der Waals surface area contributed by atoms with E-state index in [2.05, 4.69) is 22.5 Å². The third kappa shape index (κ3) is 3.00. The van der Waals surface area contributed by atoms with E-state index in [1.165, 1.54) is 17.5 Å². The van der Waals surface area contributed by atoms with Crippen LogP contribution < -0.4 is 10.2 Å². The Bertz CT molecular complexity index is 855. The smallest absolute Gasteiger partial charge is 0.230 e. The maximum absolute atomic E-state index is 12.7. The minimum Gasteiger partial charge on any atom is -0.312 e. The summed E-state index contributed by atoms with van der Waals surface area (Å²) in [5.74, 6) is 0.226. The SMILES string of the molecule is CC(C)n1nccc1NC(=O)[C@@H]1CC(=O)N(c2ccc3c(c2)CCC3)C1. The molecule has 0 bridgehead atoms. The van der Waals surface area contributed by atoms with Gasteiger partial charge >= 0.3 is 0 Å². The number of hydrogen-bond acceptors (Lipinski definition) is 3. The van der Waals surface area contributed by atoms with Crippen LogP contribution in [-0.4, -0.2) is 28.1 Å². The van der Waals surface area contributed by atoms with Crippen molar-refractivity contribution in [2.24, 2.45) is 5.92 Å². The molecular formula is C20H24N4O2. The van der Waals surface area contributed by atoms with Crippen LogP contribution >= 0.6 is 0 Å². The second-order valence-electron chi connectivity index (χ2n) is 7.46. The van der Waals surface area contributed by atoms with Crippen molar-refractivity contribution < 1.29 is 9.59 Å². The second kappa shape index (κ2) is 6.59. The largest absolute Gasteiger partial charge is 0.312 e. The van der Waals surface area contributed by atoms with Crippen molar-refractivity contribution in [1.29, 1.82) is 0 Å². The highest BCUT2D eigenvalue weighted by Crippen LogP contribution is 2.31. The van der Waals surface area contributed by atoms with Crippen molar-refractivity contribution >= 4 is 23.3 Å². The van der Waals surface area contributed by atoms with Gasteiger partial charge in [0.1, 0.15) is 5.82 Å². The summed E-state index contributed by atoms with van der Waals surface area (Å²) in [4.78, 5) is 26.9. The van der Waals surface area contributed by atoms with E-state index in [4.69, 9.17) is 0 Å². The molecule has 6 nitrogen and oxygen atoms in total. The molecule has 6 heteroatoms. The fraction of sp³-hybridized carbons (Fsp3) is 0.450. The van der Waals surface area contributed by atoms with Gasteiger partial charge in [0.25, 0.3) is 0 Å². The van der Waals surface area contributed by atoms with Gasteiger partial charge in [0.15, 0.2) is 0 Å². The molecule has 1 atom stereocenters. The zero-order valence-corrected chi connectivity index (χ0v) is 15.2. The summed E-state index contributed by atoms with van der Waals surface area (Å²) in [6.07, 6.45) is 5.30. The molecule has 1 N–H and O–H groups in total. The first-order chi connectivity index (χ1) is 12.5. The van der Waals surface area contributed by atoms with Crippen molar-refractivity contribution in [3.8, 4) is 0 Å². The molecule has 0 saturated carbocycles. The summed E-state index contributed by atoms with van der Waals surface area (Å²) in [6, 6.07) is 8.20. The van der Waals surface area contributed by atoms with Gasteiger partial charge in [-0.15, -0.1) is 0 Å². The lowest BCUT2D eigenvalue weighted by Crippen LogP contribution is -2.29. The molecule has 2 aliphatic rings. The molecule has 2 aromatic rings. The number of rotatable bonds is 4. The van der Waals surface area contributed by atoms with E-state index >= 15 is 0 Å². The van der Waals surface area contributed by atoms with Crippen LogP contribution in [-0.2, 0) is 22.4 Å². The van der Waals surface area contributed by atoms with Gasteiger partial charge in [-0.25, -0.2) is 4.68 Å². The predicted octanol–water partition coefficient (Wildman–Crippen LogP) is 2.94. The van der Waals surface area contributed by atoms with E-state index in [-0.39, 0.29) is 30.2 Å². The van der Waals surface area contributed by atoms with Crippen molar-refractivity contribution in [3.63, 3.8) is 0 Å². The predicted molar refractivity (Wildman–Crippen MR) is 100 cm³/mol. The van der Waals surface area contributed by atoms with Crippen LogP contribution in [0, 0.1) is 5.92 Å². The van der Waals surface area contributed by atoms with Gasteiger partial charge in [-0.05, 0) is 56.4 Å². The maximum Gasteiger partial charge on any atom is 0.230 e. The molecule has 26 heavy (non-hydrogen) atoms. The number of fused-ring (bicyclic) bond motifs is 1. The monoisotopic (exact) mass is 352 g/mol. The maximum atomic E-state index is 12.7. The topological polar surface area (TPSA) is 67.2 Å². The Morgan fingerprint density at radius 3 is 2.85 bits per heavy atom. The summed E-state index contributed by atoms with van der Waals surface area (Å²) in [5, 5.41) is 7.16. The molecule has 1 aromatic carbocycles. The van der Waals surface area contributed by atoms with E-state index in [9.17, 15) is 9.59 Å². The van der Waals surface area contributed by atoms with Crippen LogP contribution in [0.15, 0.2) is 30.5 Å². The average molecular weight is 352 g/mol. The summed E-state index contributed by atoms with van der Waals surface area (Å²) < 4.78 is 1.77. The Hall–Kier alpha value is -2.63. The fourth-order valence-electron chi connectivity index (χ4n) is 3.91. The number of nitrogens with zero attached hydrogens (tertiary/aromatic N) is 3. The highest BCUT2D eigenvalue weighted by atomic mass is 16.2. The van der Waals surface area contributed by atoms with Gasteiger partial charge in [-0.2, -0.15) is 5.10 Å². The molecule has 1 saturated heterocycles. The van der Waals surface area contributed by atoms with E-state index < -0.39 is 0 Å². The second-order valence-corrected chi connectivity index (χ2v) is 7.46. The van der Waals surface area contributed by atoms with Crippen LogP contribution in [0.4, 0.5) is 11.5 Å². The zero-order valence-electron chi connectivity index (χ0n) is 15.2. The quantitative estimate of drug-likeness (QED) is 0.920. The van der Waals surface area contributed by atoms with E-state index in [1.54, 1.807) is 21.8 Å². The lowest BCUT2D eigenvalue weighted by atomic mass is 10.1. The molecule has 0 unspecified atom stereocenters. The van der Waals surface area contributed by atoms with Crippen molar-refractivity contribution in [3.05, 3.63) is 41.6 Å². The first-order valence-corrected chi connectivity index (χ1v) is 9.29. The number of carbonyl (C=O) groups is 2. The van der Waals surface area contributed by atoms with Crippen molar-refractivity contribution in [2.75, 3.05) is 16.8 Å². The van der Waals surface area contributed by atoms with E-state index in [1.807, 2.05) is 19.9 Å². The molecule has 1 aliphatic heterocycles. The van der Waals surface area contributed by atoms with Crippen LogP contribution in [0.2, 0.25) is 0 Å². The molecule has 1 fully saturated rings. The van der Waals surface area contributed by atoms with Crippen LogP contribution in [0.1, 0.15) is 43.9 Å². The number of anilines is 2. The number of carbonyl (C=O) groups excluding carboxylic acids is 2. The lowest BCUT2D eigenvalue weighted by molar-refractivity contribution is -0.122. The van der Waals surface area contributed by atoms with Crippen molar-refractivity contribution in [2.45, 2.75) is 45.6 Å². The Labute approximate surface area is 153 Å². The first-order valence-electron chi connectivity index (χ1n) is 9.29. The third-order valence-corrected chi connectivity index (χ3v) is 5.30. The van der Waals surface area contributed by atoms with Crippen LogP contribution in [0.25, 0.3) is 0 Å². The number of hydrogen-bond donors (Lipinski definition) is 1. The Morgan fingerprint density at radius 1 is 1.23 bits per heavy atom. The molecule has 1 aliphatic carbocycles. The number of benzene rings is 1. The van der Waals surface area contributed by atoms with Gasteiger partial charge in [0, 0.05) is 30.8 Å². The van der Waals surface area contributed by atoms with Crippen molar-refractivity contribution in [1.82, 2.24) is 9.78 Å². The van der Waals surface area contributed by atoms with Crippen LogP contribution in [0.3, 0.4) is 0 Å². The Kier molecular flexibility index (Phi) is 4.26. The van der Waals surface area contributed by atoms with Gasteiger partial charge in [0.05, 0.1) is 12.1 Å². The summed E-state index contributed by atoms with van der Waals surface area (Å²) in [5.41, 5.74) is 3.64. The van der Waals surface area contributed by atoms with E-state index in [0.29, 0.717) is 12.4 Å². The summed E-state index contributed by atoms with van der Waals surface area (Å²) in [7, 11) is 0. The fourth-order valence-corrected chi connectivity index (χ4v) is 3.91. The van der Waals surface area contributed by atoms with Gasteiger partial charge in [0.2, 0.25) is 11.8 Å². The molecular weight excluding hydrogens is 328 g/mol. The molecule has 0 spiro atoms. The van der Waals surface area contributed by atoms with E-state index in [0.717, 1.165) is 18.5 Å². The minimum atomic E-state index is -0.341.